The smallest absolute Gasteiger partial charge is 0.258 e. The van der Waals surface area contributed by atoms with E-state index in [4.69, 9.17) is 4.52 Å². The quantitative estimate of drug-likeness (QED) is 0.466. The van der Waals surface area contributed by atoms with Crippen LogP contribution in [-0.4, -0.2) is 10.1 Å². The van der Waals surface area contributed by atoms with Crippen molar-refractivity contribution in [1.82, 2.24) is 10.1 Å². The van der Waals surface area contributed by atoms with Crippen LogP contribution in [0.3, 0.4) is 0 Å². The molecule has 0 atom stereocenters. The van der Waals surface area contributed by atoms with Crippen LogP contribution < -0.4 is 0 Å². The number of aromatic nitrogens is 2. The van der Waals surface area contributed by atoms with Gasteiger partial charge in [0.05, 0.1) is 0 Å². The lowest BCUT2D eigenvalue weighted by Crippen LogP contribution is -1.88. The molecule has 0 aliphatic carbocycles. The molecule has 0 unspecified atom stereocenters. The van der Waals surface area contributed by atoms with Gasteiger partial charge in [0, 0.05) is 11.1 Å². The van der Waals surface area contributed by atoms with E-state index in [1.807, 2.05) is 73.7 Å². The topological polar surface area (TPSA) is 38.9 Å². The molecule has 0 fully saturated rings. The molecule has 0 bridgehead atoms. The van der Waals surface area contributed by atoms with E-state index in [9.17, 15) is 4.39 Å². The van der Waals surface area contributed by atoms with E-state index in [2.05, 4.69) is 10.1 Å². The maximum atomic E-state index is 13.4. The van der Waals surface area contributed by atoms with Gasteiger partial charge in [-0.3, -0.25) is 0 Å². The molecule has 26 heavy (non-hydrogen) atoms. The zero-order valence-corrected chi connectivity index (χ0v) is 14.3. The van der Waals surface area contributed by atoms with Crippen LogP contribution in [0.2, 0.25) is 0 Å². The lowest BCUT2D eigenvalue weighted by molar-refractivity contribution is 0.432. The van der Waals surface area contributed by atoms with Gasteiger partial charge < -0.3 is 4.52 Å². The summed E-state index contributed by atoms with van der Waals surface area (Å²) in [5, 5.41) is 4.10. The van der Waals surface area contributed by atoms with E-state index >= 15 is 0 Å². The summed E-state index contributed by atoms with van der Waals surface area (Å²) in [6.07, 6.45) is 0. The first-order valence-electron chi connectivity index (χ1n) is 8.40. The lowest BCUT2D eigenvalue weighted by atomic mass is 10.00. The Balaban J connectivity index is 1.78. The second-order valence-corrected chi connectivity index (χ2v) is 6.16. The zero-order chi connectivity index (χ0) is 17.9. The van der Waals surface area contributed by atoms with E-state index in [0.29, 0.717) is 22.8 Å². The van der Waals surface area contributed by atoms with Crippen molar-refractivity contribution < 1.29 is 8.91 Å². The summed E-state index contributed by atoms with van der Waals surface area (Å²) in [7, 11) is 0. The highest BCUT2D eigenvalue weighted by atomic mass is 19.1. The van der Waals surface area contributed by atoms with Gasteiger partial charge in [0.25, 0.3) is 5.89 Å². The van der Waals surface area contributed by atoms with Gasteiger partial charge in [-0.05, 0) is 47.4 Å². The minimum absolute atomic E-state index is 0.385. The second kappa shape index (κ2) is 6.92. The normalized spacial score (nSPS) is 10.8. The van der Waals surface area contributed by atoms with E-state index in [1.54, 1.807) is 6.07 Å². The van der Waals surface area contributed by atoms with E-state index in [0.717, 1.165) is 22.3 Å². The summed E-state index contributed by atoms with van der Waals surface area (Å²) in [5.41, 5.74) is 5.23. The fraction of sp³-hybridized carbons (Fsp3) is 0.0909. The Morgan fingerprint density at radius 2 is 1.58 bits per heavy atom. The number of hydrogen-bond donors (Lipinski definition) is 0. The van der Waals surface area contributed by atoms with Crippen LogP contribution in [0.1, 0.15) is 11.1 Å². The molecule has 4 heteroatoms. The molecular weight excluding hydrogens is 327 g/mol. The summed E-state index contributed by atoms with van der Waals surface area (Å²) in [5.74, 6) is 0.917. The summed E-state index contributed by atoms with van der Waals surface area (Å²) in [6, 6.07) is 23.3. The van der Waals surface area contributed by atoms with Gasteiger partial charge in [0.2, 0.25) is 5.82 Å². The minimum Gasteiger partial charge on any atom is -0.334 e. The van der Waals surface area contributed by atoms with Gasteiger partial charge in [-0.2, -0.15) is 4.98 Å². The molecule has 1 heterocycles. The first kappa shape index (κ1) is 16.2. The number of hydrogen-bond acceptors (Lipinski definition) is 3. The maximum Gasteiger partial charge on any atom is 0.258 e. The van der Waals surface area contributed by atoms with Crippen LogP contribution in [0.25, 0.3) is 34.0 Å². The fourth-order valence-electron chi connectivity index (χ4n) is 2.96. The van der Waals surface area contributed by atoms with Crippen molar-refractivity contribution in [3.63, 3.8) is 0 Å². The highest BCUT2D eigenvalue weighted by molar-refractivity contribution is 5.71. The molecule has 0 N–H and O–H groups in total. The van der Waals surface area contributed by atoms with Gasteiger partial charge in [-0.1, -0.05) is 59.8 Å². The average Bonchev–Trinajstić information content (AvgIpc) is 3.18. The van der Waals surface area contributed by atoms with Gasteiger partial charge >= 0.3 is 0 Å². The predicted molar refractivity (Wildman–Crippen MR) is 100 cm³/mol. The van der Waals surface area contributed by atoms with Crippen molar-refractivity contribution in [2.24, 2.45) is 0 Å². The predicted octanol–water partition coefficient (Wildman–Crippen LogP) is 5.85. The Bertz CT molecular complexity index is 1040. The summed E-state index contributed by atoms with van der Waals surface area (Å²) in [6.45, 7) is 1.45. The van der Waals surface area contributed by atoms with Gasteiger partial charge in [0.15, 0.2) is 0 Å². The third-order valence-corrected chi connectivity index (χ3v) is 4.31. The third-order valence-electron chi connectivity index (χ3n) is 4.31. The first-order chi connectivity index (χ1) is 12.7. The number of aryl methyl sites for hydroxylation is 1. The lowest BCUT2D eigenvalue weighted by Gasteiger charge is -2.06. The van der Waals surface area contributed by atoms with Crippen molar-refractivity contribution in [1.29, 1.82) is 0 Å². The largest absolute Gasteiger partial charge is 0.334 e. The Labute approximate surface area is 151 Å². The third kappa shape index (κ3) is 3.14. The van der Waals surface area contributed by atoms with Crippen LogP contribution in [0.15, 0.2) is 77.3 Å². The number of benzene rings is 3. The van der Waals surface area contributed by atoms with Crippen LogP contribution >= 0.6 is 0 Å². The average molecular weight is 344 g/mol. The molecular formula is C22H17FN2O. The fourth-order valence-corrected chi connectivity index (χ4v) is 2.96. The molecule has 128 valence electrons. The Kier molecular flexibility index (Phi) is 4.32. The summed E-state index contributed by atoms with van der Waals surface area (Å²) >= 11 is 0. The van der Waals surface area contributed by atoms with E-state index in [-0.39, 0.29) is 0 Å². The van der Waals surface area contributed by atoms with Gasteiger partial charge in [-0.15, -0.1) is 0 Å². The number of alkyl halides is 1. The molecule has 0 radical (unpaired) electrons. The van der Waals surface area contributed by atoms with E-state index < -0.39 is 6.67 Å². The van der Waals surface area contributed by atoms with Crippen molar-refractivity contribution in [3.05, 3.63) is 83.9 Å². The molecule has 0 saturated heterocycles. The second-order valence-electron chi connectivity index (χ2n) is 6.16. The molecule has 0 saturated carbocycles. The molecule has 1 aromatic heterocycles. The summed E-state index contributed by atoms with van der Waals surface area (Å²) in [4.78, 5) is 4.52. The number of halogens is 1. The molecule has 0 aliphatic heterocycles. The van der Waals surface area contributed by atoms with Crippen molar-refractivity contribution >= 4 is 0 Å². The van der Waals surface area contributed by atoms with Crippen LogP contribution in [0.5, 0.6) is 0 Å². The highest BCUT2D eigenvalue weighted by Crippen LogP contribution is 2.29. The Morgan fingerprint density at radius 1 is 0.846 bits per heavy atom. The molecule has 3 nitrogen and oxygen atoms in total. The Morgan fingerprint density at radius 3 is 2.35 bits per heavy atom. The standard InChI is InChI=1S/C22H17FN2O/c1-15-7-5-6-10-20(15)21-24-22(26-25-21)19-12-16(14-23)11-18(13-19)17-8-3-2-4-9-17/h2-13H,14H2,1H3. The van der Waals surface area contributed by atoms with Gasteiger partial charge in [0.1, 0.15) is 6.67 Å². The minimum atomic E-state index is -0.549. The number of nitrogens with zero attached hydrogens (tertiary/aromatic N) is 2. The monoisotopic (exact) mass is 344 g/mol. The molecule has 0 aliphatic rings. The van der Waals surface area contributed by atoms with Crippen molar-refractivity contribution in [2.45, 2.75) is 13.6 Å². The first-order valence-corrected chi connectivity index (χ1v) is 8.40. The van der Waals surface area contributed by atoms with Gasteiger partial charge in [-0.25, -0.2) is 4.39 Å². The zero-order valence-electron chi connectivity index (χ0n) is 14.3. The van der Waals surface area contributed by atoms with Crippen LogP contribution in [-0.2, 0) is 6.67 Å². The number of rotatable bonds is 4. The van der Waals surface area contributed by atoms with Crippen molar-refractivity contribution in [3.8, 4) is 34.0 Å². The van der Waals surface area contributed by atoms with Crippen LogP contribution in [0, 0.1) is 6.92 Å². The van der Waals surface area contributed by atoms with Crippen LogP contribution in [0.4, 0.5) is 4.39 Å². The molecule has 4 aromatic rings. The molecule has 0 amide bonds. The Hall–Kier alpha value is -3.27. The molecule has 0 spiro atoms. The van der Waals surface area contributed by atoms with E-state index in [1.165, 1.54) is 0 Å². The molecule has 4 rings (SSSR count). The SMILES string of the molecule is Cc1ccccc1-c1noc(-c2cc(CF)cc(-c3ccccc3)c2)n1. The maximum absolute atomic E-state index is 13.4. The highest BCUT2D eigenvalue weighted by Gasteiger charge is 2.14. The molecule has 3 aromatic carbocycles. The summed E-state index contributed by atoms with van der Waals surface area (Å²) < 4.78 is 18.8. The van der Waals surface area contributed by atoms with Crippen molar-refractivity contribution in [2.75, 3.05) is 0 Å².